The van der Waals surface area contributed by atoms with Crippen LogP contribution in [0, 0.1) is 0 Å². The number of ether oxygens (including phenoxy) is 1. The lowest BCUT2D eigenvalue weighted by molar-refractivity contribution is -0.152. The second-order valence-corrected chi connectivity index (χ2v) is 5.16. The first-order chi connectivity index (χ1) is 7.49. The summed E-state index contributed by atoms with van der Waals surface area (Å²) in [6.45, 7) is 0. The predicted molar refractivity (Wildman–Crippen MR) is 57.8 cm³/mol. The number of aliphatic hydroxyl groups excluding tert-OH is 1. The van der Waals surface area contributed by atoms with Crippen LogP contribution in [-0.2, 0) is 4.74 Å². The number of rotatable bonds is 1. The van der Waals surface area contributed by atoms with E-state index in [-0.39, 0.29) is 17.9 Å². The Morgan fingerprint density at radius 1 is 1.56 bits per heavy atom. The third-order valence-electron chi connectivity index (χ3n) is 2.60. The predicted octanol–water partition coefficient (Wildman–Crippen LogP) is 0.760. The number of thioether (sulfide) groups is 1. The zero-order valence-corrected chi connectivity index (χ0v) is 9.82. The molecule has 4 nitrogen and oxygen atoms in total. The van der Waals surface area contributed by atoms with Crippen LogP contribution in [0.1, 0.15) is 6.42 Å². The van der Waals surface area contributed by atoms with Crippen molar-refractivity contribution >= 4 is 16.9 Å². The number of aliphatic hydroxyl groups is 1. The summed E-state index contributed by atoms with van der Waals surface area (Å²) in [5.74, 6) is 0. The molecule has 2 rings (SSSR count). The molecule has 0 aromatic heterocycles. The van der Waals surface area contributed by atoms with E-state index in [1.54, 1.807) is 0 Å². The Hall–Kier alpha value is -0.400. The van der Waals surface area contributed by atoms with Gasteiger partial charge >= 0.3 is 0 Å². The van der Waals surface area contributed by atoms with Crippen molar-refractivity contribution < 1.29 is 18.6 Å². The Bertz CT molecular complexity index is 301. The zero-order valence-electron chi connectivity index (χ0n) is 9.01. The molecule has 0 saturated carbocycles. The lowest BCUT2D eigenvalue weighted by Crippen LogP contribution is -2.47. The van der Waals surface area contributed by atoms with Crippen molar-refractivity contribution in [1.29, 1.82) is 0 Å². The molecule has 0 aromatic carbocycles. The largest absolute Gasteiger partial charge is 0.390 e. The van der Waals surface area contributed by atoms with E-state index in [9.17, 15) is 13.9 Å². The fourth-order valence-electron chi connectivity index (χ4n) is 1.77. The molecule has 1 fully saturated rings. The molecular formula is C9H14F2N2O2S. The molecule has 0 bridgehead atoms. The van der Waals surface area contributed by atoms with E-state index in [1.165, 1.54) is 11.8 Å². The average Bonchev–Trinajstić information content (AvgIpc) is 2.58. The SMILES string of the molecule is CN(C)C1=NC2CC(O)C(C(F)F)OC2S1. The normalized spacial score (nSPS) is 38.5. The molecule has 0 aliphatic carbocycles. The fraction of sp³-hybridized carbons (Fsp3) is 0.889. The number of nitrogens with zero attached hydrogens (tertiary/aromatic N) is 2. The number of hydrogen-bond acceptors (Lipinski definition) is 5. The van der Waals surface area contributed by atoms with Gasteiger partial charge in [0.05, 0.1) is 12.1 Å². The maximum atomic E-state index is 12.5. The van der Waals surface area contributed by atoms with Crippen molar-refractivity contribution in [2.75, 3.05) is 14.1 Å². The number of aliphatic imine (C=N–C) groups is 1. The number of amidine groups is 1. The minimum atomic E-state index is -2.65. The molecule has 0 spiro atoms. The Balaban J connectivity index is 2.05. The highest BCUT2D eigenvalue weighted by atomic mass is 32.2. The molecule has 7 heteroatoms. The molecule has 1 N–H and O–H groups in total. The van der Waals surface area contributed by atoms with Crippen molar-refractivity contribution in [3.05, 3.63) is 0 Å². The highest BCUT2D eigenvalue weighted by molar-refractivity contribution is 8.14. The van der Waals surface area contributed by atoms with Crippen molar-refractivity contribution in [1.82, 2.24) is 4.90 Å². The van der Waals surface area contributed by atoms with Crippen LogP contribution in [0.3, 0.4) is 0 Å². The van der Waals surface area contributed by atoms with Crippen LogP contribution in [0.25, 0.3) is 0 Å². The van der Waals surface area contributed by atoms with Crippen LogP contribution in [-0.4, -0.2) is 59.4 Å². The first-order valence-electron chi connectivity index (χ1n) is 5.02. The highest BCUT2D eigenvalue weighted by Gasteiger charge is 2.45. The lowest BCUT2D eigenvalue weighted by Gasteiger charge is -2.33. The molecule has 4 unspecified atom stereocenters. The van der Waals surface area contributed by atoms with E-state index in [0.29, 0.717) is 0 Å². The zero-order chi connectivity index (χ0) is 11.9. The number of alkyl halides is 2. The Kier molecular flexibility index (Phi) is 3.37. The van der Waals surface area contributed by atoms with Gasteiger partial charge in [-0.1, -0.05) is 11.8 Å². The average molecular weight is 252 g/mol. The van der Waals surface area contributed by atoms with E-state index in [4.69, 9.17) is 4.74 Å². The molecule has 16 heavy (non-hydrogen) atoms. The monoisotopic (exact) mass is 252 g/mol. The maximum absolute atomic E-state index is 12.5. The summed E-state index contributed by atoms with van der Waals surface area (Å²) < 4.78 is 30.3. The van der Waals surface area contributed by atoms with Crippen LogP contribution < -0.4 is 0 Å². The molecule has 2 heterocycles. The lowest BCUT2D eigenvalue weighted by atomic mass is 10.0. The summed E-state index contributed by atoms with van der Waals surface area (Å²) in [5.41, 5.74) is -0.389. The Labute approximate surface area is 96.7 Å². The van der Waals surface area contributed by atoms with Crippen LogP contribution >= 0.6 is 11.8 Å². The van der Waals surface area contributed by atoms with Gasteiger partial charge in [0.1, 0.15) is 11.5 Å². The van der Waals surface area contributed by atoms with Crippen molar-refractivity contribution in [3.8, 4) is 0 Å². The molecule has 4 atom stereocenters. The molecule has 0 aromatic rings. The fourth-order valence-corrected chi connectivity index (χ4v) is 2.90. The summed E-state index contributed by atoms with van der Waals surface area (Å²) in [7, 11) is 3.67. The summed E-state index contributed by atoms with van der Waals surface area (Å²) in [6, 6.07) is -0.215. The molecule has 2 aliphatic rings. The molecular weight excluding hydrogens is 238 g/mol. The molecule has 2 aliphatic heterocycles. The topological polar surface area (TPSA) is 45.1 Å². The van der Waals surface area contributed by atoms with Gasteiger partial charge in [-0.05, 0) is 0 Å². The van der Waals surface area contributed by atoms with Gasteiger partial charge in [-0.2, -0.15) is 0 Å². The Morgan fingerprint density at radius 3 is 2.81 bits per heavy atom. The van der Waals surface area contributed by atoms with Gasteiger partial charge < -0.3 is 14.7 Å². The van der Waals surface area contributed by atoms with Crippen LogP contribution in [0.2, 0.25) is 0 Å². The summed E-state index contributed by atoms with van der Waals surface area (Å²) in [6.07, 6.45) is -4.93. The summed E-state index contributed by atoms with van der Waals surface area (Å²) in [4.78, 5) is 6.14. The highest BCUT2D eigenvalue weighted by Crippen LogP contribution is 2.37. The van der Waals surface area contributed by atoms with E-state index in [1.807, 2.05) is 19.0 Å². The van der Waals surface area contributed by atoms with E-state index in [0.717, 1.165) is 5.17 Å². The van der Waals surface area contributed by atoms with E-state index in [2.05, 4.69) is 4.99 Å². The van der Waals surface area contributed by atoms with Crippen molar-refractivity contribution in [2.24, 2.45) is 4.99 Å². The standard InChI is InChI=1S/C9H14F2N2O2S/c1-13(2)9-12-4-3-5(14)6(7(10)11)15-8(4)16-9/h4-8,14H,3H2,1-2H3. The van der Waals surface area contributed by atoms with E-state index < -0.39 is 18.6 Å². The van der Waals surface area contributed by atoms with Crippen LogP contribution in [0.4, 0.5) is 8.78 Å². The van der Waals surface area contributed by atoms with Crippen LogP contribution in [0.15, 0.2) is 4.99 Å². The first-order valence-corrected chi connectivity index (χ1v) is 5.90. The molecule has 0 amide bonds. The molecule has 1 saturated heterocycles. The minimum absolute atomic E-state index is 0.215. The first kappa shape index (κ1) is 12.1. The van der Waals surface area contributed by atoms with E-state index >= 15 is 0 Å². The number of halogens is 2. The second-order valence-electron chi connectivity index (χ2n) is 4.10. The third kappa shape index (κ3) is 2.16. The van der Waals surface area contributed by atoms with Gasteiger partial charge in [-0.15, -0.1) is 0 Å². The van der Waals surface area contributed by atoms with Gasteiger partial charge in [0.25, 0.3) is 6.43 Å². The van der Waals surface area contributed by atoms with Crippen molar-refractivity contribution in [2.45, 2.75) is 36.5 Å². The van der Waals surface area contributed by atoms with Gasteiger partial charge in [0.15, 0.2) is 5.17 Å². The quantitative estimate of drug-likeness (QED) is 0.748. The van der Waals surface area contributed by atoms with Gasteiger partial charge in [-0.25, -0.2) is 8.78 Å². The smallest absolute Gasteiger partial charge is 0.266 e. The van der Waals surface area contributed by atoms with Gasteiger partial charge in [0.2, 0.25) is 0 Å². The molecule has 0 radical (unpaired) electrons. The second kappa shape index (κ2) is 4.46. The van der Waals surface area contributed by atoms with Gasteiger partial charge in [-0.3, -0.25) is 4.99 Å². The Morgan fingerprint density at radius 2 is 2.25 bits per heavy atom. The third-order valence-corrected chi connectivity index (χ3v) is 3.94. The summed E-state index contributed by atoms with van der Waals surface area (Å²) in [5, 5.41) is 10.3. The summed E-state index contributed by atoms with van der Waals surface area (Å²) >= 11 is 1.34. The minimum Gasteiger partial charge on any atom is -0.390 e. The molecule has 92 valence electrons. The van der Waals surface area contributed by atoms with Gasteiger partial charge in [0, 0.05) is 20.5 Å². The number of hydrogen-bond donors (Lipinski definition) is 1. The maximum Gasteiger partial charge on any atom is 0.266 e. The number of fused-ring (bicyclic) bond motifs is 1. The van der Waals surface area contributed by atoms with Crippen LogP contribution in [0.5, 0.6) is 0 Å². The van der Waals surface area contributed by atoms with Crippen molar-refractivity contribution in [3.63, 3.8) is 0 Å².